The van der Waals surface area contributed by atoms with E-state index in [0.717, 1.165) is 56.3 Å². The summed E-state index contributed by atoms with van der Waals surface area (Å²) in [4.78, 5) is 20.8. The van der Waals surface area contributed by atoms with E-state index in [1.165, 1.54) is 30.2 Å². The Morgan fingerprint density at radius 3 is 2.92 bits per heavy atom. The van der Waals surface area contributed by atoms with Crippen LogP contribution in [0, 0.1) is 22.7 Å². The van der Waals surface area contributed by atoms with Crippen LogP contribution in [0.5, 0.6) is 0 Å². The highest BCUT2D eigenvalue weighted by atomic mass is 16.2. The van der Waals surface area contributed by atoms with Crippen LogP contribution in [0.4, 0.5) is 5.82 Å². The van der Waals surface area contributed by atoms with Gasteiger partial charge < -0.3 is 9.80 Å². The van der Waals surface area contributed by atoms with E-state index < -0.39 is 0 Å². The lowest BCUT2D eigenvalue weighted by molar-refractivity contribution is -0.136. The zero-order valence-corrected chi connectivity index (χ0v) is 14.4. The predicted octanol–water partition coefficient (Wildman–Crippen LogP) is 2.23. The first-order valence-electron chi connectivity index (χ1n) is 9.21. The van der Waals surface area contributed by atoms with Gasteiger partial charge in [0.15, 0.2) is 0 Å². The molecule has 128 valence electrons. The summed E-state index contributed by atoms with van der Waals surface area (Å²) in [6.45, 7) is 6.97. The minimum atomic E-state index is 0.0212. The number of likely N-dealkylation sites (tertiary alicyclic amines) is 1. The van der Waals surface area contributed by atoms with Crippen LogP contribution in [0.3, 0.4) is 0 Å². The maximum absolute atomic E-state index is 11.7. The second kappa shape index (κ2) is 5.08. The van der Waals surface area contributed by atoms with Gasteiger partial charge in [-0.2, -0.15) is 5.26 Å². The Morgan fingerprint density at radius 2 is 2.20 bits per heavy atom. The molecule has 2 bridgehead atoms. The van der Waals surface area contributed by atoms with Crippen molar-refractivity contribution in [1.29, 1.82) is 5.26 Å². The number of amides is 1. The lowest BCUT2D eigenvalue weighted by Crippen LogP contribution is -2.59. The third-order valence-corrected chi connectivity index (χ3v) is 6.67. The molecule has 3 heterocycles. The Balaban J connectivity index is 1.39. The Hall–Kier alpha value is -2.35. The largest absolute Gasteiger partial charge is 0.355 e. The molecule has 2 aliphatic heterocycles. The fourth-order valence-electron chi connectivity index (χ4n) is 5.25. The minimum absolute atomic E-state index is 0.0212. The van der Waals surface area contributed by atoms with Gasteiger partial charge in [-0.05, 0) is 55.2 Å². The van der Waals surface area contributed by atoms with Crippen LogP contribution in [-0.2, 0) is 11.2 Å². The molecule has 1 amide bonds. The third kappa shape index (κ3) is 2.13. The van der Waals surface area contributed by atoms with E-state index in [4.69, 9.17) is 4.98 Å². The van der Waals surface area contributed by atoms with Crippen molar-refractivity contribution in [2.75, 3.05) is 31.1 Å². The van der Waals surface area contributed by atoms with Crippen molar-refractivity contribution in [3.8, 4) is 6.07 Å². The van der Waals surface area contributed by atoms with Crippen LogP contribution in [-0.4, -0.2) is 42.0 Å². The van der Waals surface area contributed by atoms with E-state index in [-0.39, 0.29) is 11.3 Å². The van der Waals surface area contributed by atoms with Crippen LogP contribution in [0.1, 0.15) is 42.0 Å². The van der Waals surface area contributed by atoms with Crippen molar-refractivity contribution in [3.05, 3.63) is 35.5 Å². The van der Waals surface area contributed by atoms with Crippen LogP contribution in [0.2, 0.25) is 0 Å². The molecule has 5 aliphatic rings. The quantitative estimate of drug-likeness (QED) is 0.778. The van der Waals surface area contributed by atoms with Gasteiger partial charge in [0.05, 0.1) is 5.56 Å². The van der Waals surface area contributed by atoms with Gasteiger partial charge in [-0.25, -0.2) is 4.98 Å². The van der Waals surface area contributed by atoms with Crippen LogP contribution < -0.4 is 4.90 Å². The van der Waals surface area contributed by atoms with Crippen LogP contribution >= 0.6 is 0 Å². The van der Waals surface area contributed by atoms with E-state index in [2.05, 4.69) is 23.6 Å². The van der Waals surface area contributed by atoms with E-state index in [1.54, 1.807) is 0 Å². The number of nitriles is 1. The first kappa shape index (κ1) is 14.9. The zero-order chi connectivity index (χ0) is 17.2. The number of nitrogens with zero attached hydrogens (tertiary/aromatic N) is 4. The highest BCUT2D eigenvalue weighted by molar-refractivity contribution is 5.87. The average Bonchev–Trinajstić information content (AvgIpc) is 3.02. The molecule has 3 fully saturated rings. The van der Waals surface area contributed by atoms with Crippen molar-refractivity contribution < 1.29 is 4.79 Å². The smallest absolute Gasteiger partial charge is 0.245 e. The second-order valence-corrected chi connectivity index (χ2v) is 8.32. The molecule has 0 N–H and O–H groups in total. The Labute approximate surface area is 147 Å². The van der Waals surface area contributed by atoms with Crippen LogP contribution in [0.25, 0.3) is 0 Å². The van der Waals surface area contributed by atoms with Gasteiger partial charge in [-0.1, -0.05) is 6.58 Å². The van der Waals surface area contributed by atoms with E-state index in [0.29, 0.717) is 5.92 Å². The average molecular weight is 334 g/mol. The molecule has 1 spiro atoms. The number of hydrogen-bond acceptors (Lipinski definition) is 4. The molecular weight excluding hydrogens is 312 g/mol. The number of hydrogen-bond donors (Lipinski definition) is 0. The molecular formula is C20H22N4O. The molecule has 1 aromatic rings. The van der Waals surface area contributed by atoms with Crippen molar-refractivity contribution in [1.82, 2.24) is 9.88 Å². The highest BCUT2D eigenvalue weighted by Gasteiger charge is 2.49. The molecule has 5 heteroatoms. The lowest BCUT2D eigenvalue weighted by Gasteiger charge is -2.47. The second-order valence-electron chi connectivity index (χ2n) is 8.32. The molecule has 0 unspecified atom stereocenters. The van der Waals surface area contributed by atoms with Gasteiger partial charge in [0, 0.05) is 37.3 Å². The molecule has 25 heavy (non-hydrogen) atoms. The number of carbonyl (C=O) groups is 1. The Morgan fingerprint density at radius 1 is 1.40 bits per heavy atom. The van der Waals surface area contributed by atoms with Crippen LogP contribution in [0.15, 0.2) is 18.7 Å². The minimum Gasteiger partial charge on any atom is -0.355 e. The summed E-state index contributed by atoms with van der Waals surface area (Å²) in [5.74, 6) is 2.33. The highest BCUT2D eigenvalue weighted by Crippen LogP contribution is 2.50. The Bertz CT molecular complexity index is 812. The summed E-state index contributed by atoms with van der Waals surface area (Å²) in [5, 5.41) is 9.65. The molecule has 5 nitrogen and oxygen atoms in total. The molecule has 6 rings (SSSR count). The van der Waals surface area contributed by atoms with Gasteiger partial charge in [0.25, 0.3) is 0 Å². The summed E-state index contributed by atoms with van der Waals surface area (Å²) in [5.41, 5.74) is 3.44. The molecule has 0 radical (unpaired) electrons. The summed E-state index contributed by atoms with van der Waals surface area (Å²) in [7, 11) is 0. The van der Waals surface area contributed by atoms with Crippen molar-refractivity contribution >= 4 is 11.7 Å². The standard InChI is InChI=1S/C20H22N4O/c1-2-18(25)24-11-20(12-24)3-4-23(10-20)19-15(9-21)8-16-14-5-13(6-14)7-17(16)22-19/h2,8,13-14H,1,3-7,10-12H2. The Kier molecular flexibility index (Phi) is 3.03. The third-order valence-electron chi connectivity index (χ3n) is 6.67. The molecule has 1 aromatic heterocycles. The fraction of sp³-hybridized carbons (Fsp3) is 0.550. The summed E-state index contributed by atoms with van der Waals surface area (Å²) < 4.78 is 0. The molecule has 0 aromatic carbocycles. The number of rotatable bonds is 2. The van der Waals surface area contributed by atoms with Gasteiger partial charge >= 0.3 is 0 Å². The van der Waals surface area contributed by atoms with Gasteiger partial charge in [0.2, 0.25) is 5.91 Å². The van der Waals surface area contributed by atoms with E-state index in [1.807, 2.05) is 4.90 Å². The monoisotopic (exact) mass is 334 g/mol. The number of aromatic nitrogens is 1. The summed E-state index contributed by atoms with van der Waals surface area (Å²) >= 11 is 0. The maximum Gasteiger partial charge on any atom is 0.245 e. The zero-order valence-electron chi connectivity index (χ0n) is 14.4. The number of carbonyl (C=O) groups excluding carboxylic acids is 1. The van der Waals surface area contributed by atoms with Gasteiger partial charge in [-0.15, -0.1) is 0 Å². The molecule has 1 saturated carbocycles. The summed E-state index contributed by atoms with van der Waals surface area (Å²) in [6, 6.07) is 4.49. The maximum atomic E-state index is 11.7. The topological polar surface area (TPSA) is 60.2 Å². The number of pyridine rings is 1. The van der Waals surface area contributed by atoms with E-state index in [9.17, 15) is 10.1 Å². The first-order valence-corrected chi connectivity index (χ1v) is 9.21. The fourth-order valence-corrected chi connectivity index (χ4v) is 5.25. The number of anilines is 1. The molecule has 0 atom stereocenters. The van der Waals surface area contributed by atoms with E-state index >= 15 is 0 Å². The van der Waals surface area contributed by atoms with Crippen molar-refractivity contribution in [2.45, 2.75) is 31.6 Å². The van der Waals surface area contributed by atoms with Crippen molar-refractivity contribution in [2.24, 2.45) is 11.3 Å². The van der Waals surface area contributed by atoms with Gasteiger partial charge in [-0.3, -0.25) is 4.79 Å². The van der Waals surface area contributed by atoms with Gasteiger partial charge in [0.1, 0.15) is 11.9 Å². The lowest BCUT2D eigenvalue weighted by atomic mass is 9.64. The summed E-state index contributed by atoms with van der Waals surface area (Å²) in [6.07, 6.45) is 6.08. The molecule has 3 aliphatic carbocycles. The first-order chi connectivity index (χ1) is 12.1. The SMILES string of the molecule is C=CC(=O)N1CC2(CCN(c3nc4c(cc3C#N)C3CC(C4)C3)C2)C1. The van der Waals surface area contributed by atoms with Crippen molar-refractivity contribution in [3.63, 3.8) is 0 Å². The normalized spacial score (nSPS) is 28.0. The predicted molar refractivity (Wildman–Crippen MR) is 94.2 cm³/mol. The molecule has 2 saturated heterocycles.